The number of nitrogens with zero attached hydrogens (tertiary/aromatic N) is 4. The molecule has 25 heavy (non-hydrogen) atoms. The van der Waals surface area contributed by atoms with Crippen molar-refractivity contribution in [3.05, 3.63) is 11.6 Å². The van der Waals surface area contributed by atoms with Gasteiger partial charge < -0.3 is 18.9 Å². The van der Waals surface area contributed by atoms with Crippen molar-refractivity contribution in [2.45, 2.75) is 37.5 Å². The van der Waals surface area contributed by atoms with Crippen LogP contribution in [0.3, 0.4) is 0 Å². The number of ether oxygens (including phenoxy) is 4. The zero-order chi connectivity index (χ0) is 18.1. The Bertz CT molecular complexity index is 465. The average molecular weight is 354 g/mol. The zero-order valence-electron chi connectivity index (χ0n) is 15.7. The van der Waals surface area contributed by atoms with Crippen molar-refractivity contribution < 1.29 is 18.9 Å². The molecule has 8 nitrogen and oxygen atoms in total. The first-order valence-electron chi connectivity index (χ1n) is 8.70. The van der Waals surface area contributed by atoms with Gasteiger partial charge in [-0.05, 0) is 12.8 Å². The lowest BCUT2D eigenvalue weighted by atomic mass is 10.1. The summed E-state index contributed by atoms with van der Waals surface area (Å²) in [5, 5.41) is 0. The maximum absolute atomic E-state index is 5.33. The molecule has 0 saturated heterocycles. The molecule has 0 N–H and O–H groups in total. The highest BCUT2D eigenvalue weighted by Crippen LogP contribution is 2.33. The molecule has 1 heterocycles. The van der Waals surface area contributed by atoms with E-state index in [1.165, 1.54) is 12.8 Å². The standard InChI is InChI=1S/C17H30N4O4/c1-22-9-14(10-23-2)16-18-15(13-7-5-6-8-13)19-17(20-16)21(11-24-3)12-25-4/h13-14H,5-12H2,1-4H3. The summed E-state index contributed by atoms with van der Waals surface area (Å²) in [5.41, 5.74) is 0. The van der Waals surface area contributed by atoms with Crippen LogP contribution in [-0.2, 0) is 18.9 Å². The molecule has 0 radical (unpaired) electrons. The Balaban J connectivity index is 2.38. The van der Waals surface area contributed by atoms with Crippen molar-refractivity contribution in [3.8, 4) is 0 Å². The largest absolute Gasteiger partial charge is 0.384 e. The Morgan fingerprint density at radius 2 is 1.48 bits per heavy atom. The Labute approximate surface area is 149 Å². The fourth-order valence-electron chi connectivity index (χ4n) is 3.15. The van der Waals surface area contributed by atoms with Gasteiger partial charge in [0.25, 0.3) is 0 Å². The molecule has 1 saturated carbocycles. The Morgan fingerprint density at radius 1 is 0.880 bits per heavy atom. The van der Waals surface area contributed by atoms with E-state index in [1.807, 2.05) is 4.90 Å². The van der Waals surface area contributed by atoms with Crippen LogP contribution in [0.1, 0.15) is 49.2 Å². The summed E-state index contributed by atoms with van der Waals surface area (Å²) >= 11 is 0. The van der Waals surface area contributed by atoms with Crippen LogP contribution in [0.4, 0.5) is 5.95 Å². The molecule has 0 aliphatic heterocycles. The van der Waals surface area contributed by atoms with Crippen LogP contribution in [0.25, 0.3) is 0 Å². The van der Waals surface area contributed by atoms with Crippen LogP contribution in [-0.4, -0.2) is 70.1 Å². The second kappa shape index (κ2) is 10.6. The first-order chi connectivity index (χ1) is 12.2. The van der Waals surface area contributed by atoms with Crippen LogP contribution in [0, 0.1) is 0 Å². The first kappa shape index (κ1) is 20.0. The van der Waals surface area contributed by atoms with E-state index < -0.39 is 0 Å². The monoisotopic (exact) mass is 354 g/mol. The van der Waals surface area contributed by atoms with Gasteiger partial charge in [-0.1, -0.05) is 12.8 Å². The van der Waals surface area contributed by atoms with E-state index in [0.717, 1.165) is 18.7 Å². The smallest absolute Gasteiger partial charge is 0.232 e. The molecule has 1 aromatic heterocycles. The Hall–Kier alpha value is -1.35. The van der Waals surface area contributed by atoms with Crippen LogP contribution in [0.5, 0.6) is 0 Å². The van der Waals surface area contributed by atoms with Crippen molar-refractivity contribution >= 4 is 5.95 Å². The Morgan fingerprint density at radius 3 is 2.00 bits per heavy atom. The molecule has 0 aromatic carbocycles. The lowest BCUT2D eigenvalue weighted by Crippen LogP contribution is -2.31. The number of aromatic nitrogens is 3. The summed E-state index contributed by atoms with van der Waals surface area (Å²) in [7, 11) is 6.62. The molecule has 2 rings (SSSR count). The Kier molecular flexibility index (Phi) is 8.47. The SMILES string of the molecule is COCC(COC)c1nc(C2CCCC2)nc(N(COC)COC)n1. The molecule has 0 amide bonds. The fourth-order valence-corrected chi connectivity index (χ4v) is 3.15. The highest BCUT2D eigenvalue weighted by Gasteiger charge is 2.25. The highest BCUT2D eigenvalue weighted by molar-refractivity contribution is 5.30. The van der Waals surface area contributed by atoms with E-state index in [2.05, 4.69) is 4.98 Å². The van der Waals surface area contributed by atoms with Gasteiger partial charge in [-0.2, -0.15) is 9.97 Å². The molecule has 0 spiro atoms. The van der Waals surface area contributed by atoms with Gasteiger partial charge in [0, 0.05) is 34.4 Å². The third-order valence-electron chi connectivity index (χ3n) is 4.33. The number of methoxy groups -OCH3 is 4. The number of anilines is 1. The zero-order valence-corrected chi connectivity index (χ0v) is 15.7. The maximum atomic E-state index is 5.33. The molecule has 8 heteroatoms. The van der Waals surface area contributed by atoms with Crippen molar-refractivity contribution in [1.29, 1.82) is 0 Å². The minimum absolute atomic E-state index is 0.0381. The quantitative estimate of drug-likeness (QED) is 0.558. The van der Waals surface area contributed by atoms with Crippen LogP contribution >= 0.6 is 0 Å². The third-order valence-corrected chi connectivity index (χ3v) is 4.33. The normalized spacial score (nSPS) is 15.2. The molecule has 0 unspecified atom stereocenters. The predicted molar refractivity (Wildman–Crippen MR) is 93.8 cm³/mol. The van der Waals surface area contributed by atoms with Gasteiger partial charge in [-0.3, -0.25) is 4.90 Å². The maximum Gasteiger partial charge on any atom is 0.232 e. The van der Waals surface area contributed by atoms with E-state index in [4.69, 9.17) is 28.9 Å². The van der Waals surface area contributed by atoms with Crippen LogP contribution in [0.2, 0.25) is 0 Å². The van der Waals surface area contributed by atoms with Crippen molar-refractivity contribution in [2.24, 2.45) is 0 Å². The molecule has 142 valence electrons. The average Bonchev–Trinajstić information content (AvgIpc) is 3.16. The lowest BCUT2D eigenvalue weighted by molar-refractivity contribution is 0.113. The highest BCUT2D eigenvalue weighted by atomic mass is 16.5. The minimum atomic E-state index is -0.0381. The van der Waals surface area contributed by atoms with Gasteiger partial charge >= 0.3 is 0 Å². The molecule has 1 aromatic rings. The number of hydrogen-bond acceptors (Lipinski definition) is 8. The van der Waals surface area contributed by atoms with Crippen molar-refractivity contribution in [3.63, 3.8) is 0 Å². The summed E-state index contributed by atoms with van der Waals surface area (Å²) in [5.74, 6) is 2.48. The second-order valence-corrected chi connectivity index (χ2v) is 6.32. The van der Waals surface area contributed by atoms with Gasteiger partial charge in [-0.25, -0.2) is 4.98 Å². The van der Waals surface area contributed by atoms with Crippen molar-refractivity contribution in [2.75, 3.05) is 60.0 Å². The summed E-state index contributed by atoms with van der Waals surface area (Å²) in [4.78, 5) is 16.0. The number of rotatable bonds is 11. The van der Waals surface area contributed by atoms with Gasteiger partial charge in [0.1, 0.15) is 25.1 Å². The molecule has 0 atom stereocenters. The summed E-state index contributed by atoms with van der Waals surface area (Å²) < 4.78 is 21.2. The van der Waals surface area contributed by atoms with E-state index >= 15 is 0 Å². The topological polar surface area (TPSA) is 78.8 Å². The predicted octanol–water partition coefficient (Wildman–Crippen LogP) is 1.92. The number of hydrogen-bond donors (Lipinski definition) is 0. The molecular weight excluding hydrogens is 324 g/mol. The van der Waals surface area contributed by atoms with Crippen molar-refractivity contribution in [1.82, 2.24) is 15.0 Å². The minimum Gasteiger partial charge on any atom is -0.384 e. The molecule has 1 aliphatic rings. The second-order valence-electron chi connectivity index (χ2n) is 6.32. The fraction of sp³-hybridized carbons (Fsp3) is 0.824. The third kappa shape index (κ3) is 5.57. The lowest BCUT2D eigenvalue weighted by Gasteiger charge is -2.23. The molecular formula is C17H30N4O4. The van der Waals surface area contributed by atoms with E-state index in [-0.39, 0.29) is 5.92 Å². The summed E-state index contributed by atoms with van der Waals surface area (Å²) in [6.07, 6.45) is 4.69. The van der Waals surface area contributed by atoms with Gasteiger partial charge in [0.05, 0.1) is 19.1 Å². The van der Waals surface area contributed by atoms with E-state index in [1.54, 1.807) is 28.4 Å². The molecule has 0 bridgehead atoms. The molecule has 1 fully saturated rings. The van der Waals surface area contributed by atoms with Gasteiger partial charge in [-0.15, -0.1) is 0 Å². The molecule has 1 aliphatic carbocycles. The van der Waals surface area contributed by atoms with Crippen LogP contribution < -0.4 is 4.90 Å². The van der Waals surface area contributed by atoms with Crippen LogP contribution in [0.15, 0.2) is 0 Å². The van der Waals surface area contributed by atoms with Gasteiger partial charge in [0.2, 0.25) is 5.95 Å². The van der Waals surface area contributed by atoms with E-state index in [0.29, 0.717) is 44.4 Å². The van der Waals surface area contributed by atoms with Gasteiger partial charge in [0.15, 0.2) is 0 Å². The van der Waals surface area contributed by atoms with E-state index in [9.17, 15) is 0 Å². The first-order valence-corrected chi connectivity index (χ1v) is 8.70. The summed E-state index contributed by atoms with van der Waals surface area (Å²) in [6.45, 7) is 1.69. The summed E-state index contributed by atoms with van der Waals surface area (Å²) in [6, 6.07) is 0.